The van der Waals surface area contributed by atoms with Crippen LogP contribution in [0.3, 0.4) is 0 Å². The molecule has 0 bridgehead atoms. The third-order valence-electron chi connectivity index (χ3n) is 4.83. The van der Waals surface area contributed by atoms with Crippen molar-refractivity contribution >= 4 is 43.5 Å². The van der Waals surface area contributed by atoms with Crippen molar-refractivity contribution in [1.82, 2.24) is 9.88 Å². The van der Waals surface area contributed by atoms with Crippen molar-refractivity contribution in [3.8, 4) is 0 Å². The summed E-state index contributed by atoms with van der Waals surface area (Å²) in [5, 5.41) is 10.3. The molecule has 0 spiro atoms. The van der Waals surface area contributed by atoms with Crippen LogP contribution >= 0.6 is 23.5 Å². The van der Waals surface area contributed by atoms with Crippen molar-refractivity contribution in [2.75, 3.05) is 19.0 Å². The summed E-state index contributed by atoms with van der Waals surface area (Å²) in [5.41, 5.74) is 0.396. The number of β-lactam (4-membered cyclic amide) rings is 1. The Bertz CT molecular complexity index is 782. The van der Waals surface area contributed by atoms with Crippen LogP contribution in [-0.2, 0) is 14.3 Å². The van der Waals surface area contributed by atoms with Crippen LogP contribution in [0.5, 0.6) is 0 Å². The van der Waals surface area contributed by atoms with Gasteiger partial charge in [-0.3, -0.25) is 9.69 Å². The van der Waals surface area contributed by atoms with Crippen LogP contribution in [0.1, 0.15) is 12.8 Å². The fourth-order valence-corrected chi connectivity index (χ4v) is 6.20. The van der Waals surface area contributed by atoms with Gasteiger partial charge in [0.05, 0.1) is 24.2 Å². The van der Waals surface area contributed by atoms with E-state index in [1.807, 2.05) is 18.2 Å². The normalized spacial score (nSPS) is 21.2. The number of aliphatic hydroxyl groups excluding tert-OH is 1. The van der Waals surface area contributed by atoms with Crippen LogP contribution in [0.15, 0.2) is 40.0 Å². The topological polar surface area (TPSA) is 79.7 Å². The maximum atomic E-state index is 12.8. The molecule has 6 nitrogen and oxygen atoms in total. The number of amides is 1. The molecule has 3 rings (SSSR count). The number of carbonyl (C=O) groups excluding carboxylic acids is 2. The third kappa shape index (κ3) is 5.45. The molecule has 0 unspecified atom stereocenters. The van der Waals surface area contributed by atoms with Crippen LogP contribution in [0.2, 0.25) is 25.7 Å². The molecule has 3 heterocycles. The quantitative estimate of drug-likeness (QED) is 0.191. The maximum absolute atomic E-state index is 12.8. The van der Waals surface area contributed by atoms with Gasteiger partial charge in [0.25, 0.3) is 0 Å². The van der Waals surface area contributed by atoms with Gasteiger partial charge in [-0.05, 0) is 36.8 Å². The van der Waals surface area contributed by atoms with Crippen LogP contribution in [0, 0.1) is 5.92 Å². The first-order valence-electron chi connectivity index (χ1n) is 9.86. The number of carbonyl (C=O) groups is 2. The smallest absolute Gasteiger partial charge is 0.355 e. The van der Waals surface area contributed by atoms with Crippen molar-refractivity contribution < 1.29 is 19.4 Å². The molecule has 1 saturated heterocycles. The summed E-state index contributed by atoms with van der Waals surface area (Å²) in [4.78, 5) is 31.9. The second-order valence-corrected chi connectivity index (χ2v) is 16.3. The molecule has 29 heavy (non-hydrogen) atoms. The molecule has 1 fully saturated rings. The second-order valence-electron chi connectivity index (χ2n) is 8.34. The largest absolute Gasteiger partial charge is 0.461 e. The zero-order chi connectivity index (χ0) is 21.0. The molecule has 0 aliphatic carbocycles. The number of ether oxygens (including phenoxy) is 1. The van der Waals surface area contributed by atoms with Gasteiger partial charge < -0.3 is 9.84 Å². The number of fused-ring (bicyclic) bond motifs is 1. The van der Waals surface area contributed by atoms with Crippen molar-refractivity contribution in [1.29, 1.82) is 0 Å². The van der Waals surface area contributed by atoms with Crippen molar-refractivity contribution in [3.63, 3.8) is 0 Å². The fourth-order valence-electron chi connectivity index (χ4n) is 3.15. The highest BCUT2D eigenvalue weighted by atomic mass is 32.2. The van der Waals surface area contributed by atoms with Gasteiger partial charge >= 0.3 is 5.97 Å². The Labute approximate surface area is 181 Å². The monoisotopic (exact) mass is 452 g/mol. The molecular formula is C20H28N2O4S2Si. The molecule has 2 atom stereocenters. The number of allylic oxidation sites excluding steroid dienone is 1. The predicted molar refractivity (Wildman–Crippen MR) is 119 cm³/mol. The Morgan fingerprint density at radius 3 is 2.83 bits per heavy atom. The Kier molecular flexibility index (Phi) is 7.47. The SMILES string of the molecule is C[Si](C)(C)CCOC(=O)C1=C(CCCSc2ccccn2)S[C@@H]2[C@@H](CO)C(=O)N12. The number of hydrogen-bond acceptors (Lipinski definition) is 7. The third-order valence-corrected chi connectivity index (χ3v) is 9.03. The molecule has 158 valence electrons. The first-order valence-corrected chi connectivity index (χ1v) is 15.4. The van der Waals surface area contributed by atoms with E-state index < -0.39 is 20.0 Å². The minimum absolute atomic E-state index is 0.175. The van der Waals surface area contributed by atoms with E-state index in [0.717, 1.165) is 28.1 Å². The average Bonchev–Trinajstić information content (AvgIpc) is 3.00. The van der Waals surface area contributed by atoms with Crippen LogP contribution < -0.4 is 0 Å². The van der Waals surface area contributed by atoms with Gasteiger partial charge in [-0.2, -0.15) is 0 Å². The lowest BCUT2D eigenvalue weighted by Crippen LogP contribution is -2.58. The minimum Gasteiger partial charge on any atom is -0.461 e. The Balaban J connectivity index is 1.62. The number of aromatic nitrogens is 1. The molecule has 0 radical (unpaired) electrons. The van der Waals surface area contributed by atoms with Gasteiger partial charge in [0, 0.05) is 19.2 Å². The maximum Gasteiger partial charge on any atom is 0.355 e. The van der Waals surface area contributed by atoms with Gasteiger partial charge in [-0.15, -0.1) is 23.5 Å². The van der Waals surface area contributed by atoms with Gasteiger partial charge in [-0.1, -0.05) is 25.7 Å². The Hall–Kier alpha value is -1.29. The van der Waals surface area contributed by atoms with Gasteiger partial charge in [0.2, 0.25) is 5.91 Å². The predicted octanol–water partition coefficient (Wildman–Crippen LogP) is 3.57. The lowest BCUT2D eigenvalue weighted by Gasteiger charge is -2.41. The summed E-state index contributed by atoms with van der Waals surface area (Å²) in [5.74, 6) is -0.137. The number of hydrogen-bond donors (Lipinski definition) is 1. The van der Waals surface area contributed by atoms with Gasteiger partial charge in [-0.25, -0.2) is 9.78 Å². The molecule has 1 aromatic heterocycles. The summed E-state index contributed by atoms with van der Waals surface area (Å²) >= 11 is 3.20. The molecule has 1 aromatic rings. The van der Waals surface area contributed by atoms with E-state index in [2.05, 4.69) is 24.6 Å². The highest BCUT2D eigenvalue weighted by molar-refractivity contribution is 8.04. The summed E-state index contributed by atoms with van der Waals surface area (Å²) in [6, 6.07) is 6.73. The van der Waals surface area contributed by atoms with Crippen molar-refractivity contribution in [3.05, 3.63) is 35.0 Å². The number of esters is 1. The number of thioether (sulfide) groups is 2. The summed E-state index contributed by atoms with van der Waals surface area (Å²) in [6.07, 6.45) is 3.35. The first kappa shape index (κ1) is 22.4. The number of rotatable bonds is 10. The van der Waals surface area contributed by atoms with Crippen molar-refractivity contribution in [2.24, 2.45) is 5.92 Å². The highest BCUT2D eigenvalue weighted by Crippen LogP contribution is 2.50. The summed E-state index contributed by atoms with van der Waals surface area (Å²) in [6.45, 7) is 6.90. The fraction of sp³-hybridized carbons (Fsp3) is 0.550. The number of pyridine rings is 1. The average molecular weight is 453 g/mol. The summed E-state index contributed by atoms with van der Waals surface area (Å²) < 4.78 is 5.53. The van der Waals surface area contributed by atoms with E-state index in [0.29, 0.717) is 18.7 Å². The zero-order valence-corrected chi connectivity index (χ0v) is 19.7. The van der Waals surface area contributed by atoms with E-state index in [9.17, 15) is 14.7 Å². The number of nitrogens with zero attached hydrogens (tertiary/aromatic N) is 2. The molecule has 0 aromatic carbocycles. The van der Waals surface area contributed by atoms with E-state index in [1.54, 1.807) is 18.0 Å². The second kappa shape index (κ2) is 9.68. The molecule has 9 heteroatoms. The van der Waals surface area contributed by atoms with Gasteiger partial charge in [0.15, 0.2) is 0 Å². The Morgan fingerprint density at radius 2 is 2.17 bits per heavy atom. The van der Waals surface area contributed by atoms with E-state index in [1.165, 1.54) is 16.7 Å². The standard InChI is InChI=1S/C20H28N2O4S2Si/c1-29(2,3)12-10-26-20(25)17-15(28-19-14(13-23)18(24)22(17)19)7-6-11-27-16-8-4-5-9-21-16/h4-5,8-9,14,19,23H,6-7,10-13H2,1-3H3/t14-,19+/m0/s1. The molecular weight excluding hydrogens is 424 g/mol. The van der Waals surface area contributed by atoms with Crippen LogP contribution in [0.4, 0.5) is 0 Å². The van der Waals surface area contributed by atoms with Gasteiger partial charge in [0.1, 0.15) is 11.1 Å². The summed E-state index contributed by atoms with van der Waals surface area (Å²) in [7, 11) is -1.31. The van der Waals surface area contributed by atoms with E-state index in [-0.39, 0.29) is 17.9 Å². The van der Waals surface area contributed by atoms with Crippen LogP contribution in [0.25, 0.3) is 0 Å². The molecule has 2 aliphatic heterocycles. The van der Waals surface area contributed by atoms with Crippen LogP contribution in [-0.4, -0.2) is 59.3 Å². The number of aliphatic hydroxyl groups is 1. The molecule has 1 N–H and O–H groups in total. The molecule has 1 amide bonds. The lowest BCUT2D eigenvalue weighted by atomic mass is 9.98. The Morgan fingerprint density at radius 1 is 1.38 bits per heavy atom. The first-order chi connectivity index (χ1) is 13.8. The lowest BCUT2D eigenvalue weighted by molar-refractivity contribution is -0.155. The molecule has 0 saturated carbocycles. The highest BCUT2D eigenvalue weighted by Gasteiger charge is 2.55. The minimum atomic E-state index is -1.31. The zero-order valence-electron chi connectivity index (χ0n) is 17.1. The molecule has 2 aliphatic rings. The van der Waals surface area contributed by atoms with E-state index in [4.69, 9.17) is 4.74 Å². The van der Waals surface area contributed by atoms with Crippen molar-refractivity contribution in [2.45, 2.75) is 48.9 Å². The van der Waals surface area contributed by atoms with E-state index >= 15 is 0 Å².